The Kier molecular flexibility index (Phi) is 9.51. The predicted octanol–water partition coefficient (Wildman–Crippen LogP) is 4.74. The molecule has 152 valence electrons. The fraction of sp³-hybridized carbons (Fsp3) is 0.304. The zero-order chi connectivity index (χ0) is 21.1. The molecule has 1 N–H and O–H groups in total. The van der Waals surface area contributed by atoms with Crippen LogP contribution in [0.1, 0.15) is 31.4 Å². The van der Waals surface area contributed by atoms with Crippen LogP contribution >= 0.6 is 22.6 Å². The maximum Gasteiger partial charge on any atom is 0.261 e. The van der Waals surface area contributed by atoms with E-state index in [9.17, 15) is 10.1 Å². The summed E-state index contributed by atoms with van der Waals surface area (Å²) in [5, 5.41) is 12.3. The largest absolute Gasteiger partial charge is 0.490 e. The molecule has 29 heavy (non-hydrogen) atoms. The number of carbonyl (C=O) groups is 1. The van der Waals surface area contributed by atoms with Crippen molar-refractivity contribution in [1.29, 1.82) is 5.26 Å². The summed E-state index contributed by atoms with van der Waals surface area (Å²) >= 11 is 2.17. The SMILES string of the molecule is CCOc1cc(/C=C(/C#N)C(=O)NCCCc2ccccc2)cc(I)c1OCC. The van der Waals surface area contributed by atoms with Gasteiger partial charge in [0.2, 0.25) is 0 Å². The van der Waals surface area contributed by atoms with Crippen LogP contribution in [-0.4, -0.2) is 25.7 Å². The second kappa shape index (κ2) is 12.1. The summed E-state index contributed by atoms with van der Waals surface area (Å²) in [4.78, 5) is 12.4. The second-order valence-corrected chi connectivity index (χ2v) is 7.37. The lowest BCUT2D eigenvalue weighted by Gasteiger charge is -2.13. The molecule has 0 bridgehead atoms. The van der Waals surface area contributed by atoms with Gasteiger partial charge in [-0.1, -0.05) is 30.3 Å². The Balaban J connectivity index is 2.05. The van der Waals surface area contributed by atoms with Gasteiger partial charge in [-0.05, 0) is 78.6 Å². The van der Waals surface area contributed by atoms with Crippen LogP contribution in [0.3, 0.4) is 0 Å². The molecule has 6 heteroatoms. The molecular formula is C23H25IN2O3. The van der Waals surface area contributed by atoms with Crippen LogP contribution in [0.15, 0.2) is 48.0 Å². The van der Waals surface area contributed by atoms with Gasteiger partial charge in [-0.3, -0.25) is 4.79 Å². The molecule has 0 heterocycles. The number of benzene rings is 2. The molecule has 0 fully saturated rings. The lowest BCUT2D eigenvalue weighted by atomic mass is 10.1. The second-order valence-electron chi connectivity index (χ2n) is 6.21. The molecule has 0 aliphatic carbocycles. The third-order valence-electron chi connectivity index (χ3n) is 4.07. The van der Waals surface area contributed by atoms with Crippen molar-refractivity contribution in [3.8, 4) is 17.6 Å². The van der Waals surface area contributed by atoms with E-state index in [0.29, 0.717) is 31.3 Å². The predicted molar refractivity (Wildman–Crippen MR) is 123 cm³/mol. The summed E-state index contributed by atoms with van der Waals surface area (Å²) in [5.74, 6) is 0.909. The Morgan fingerprint density at radius 3 is 2.55 bits per heavy atom. The van der Waals surface area contributed by atoms with Crippen LogP contribution < -0.4 is 14.8 Å². The Labute approximate surface area is 185 Å². The van der Waals surface area contributed by atoms with Gasteiger partial charge in [0.15, 0.2) is 11.5 Å². The first-order valence-electron chi connectivity index (χ1n) is 9.62. The lowest BCUT2D eigenvalue weighted by molar-refractivity contribution is -0.117. The van der Waals surface area contributed by atoms with E-state index in [0.717, 1.165) is 22.0 Å². The van der Waals surface area contributed by atoms with Gasteiger partial charge in [0, 0.05) is 6.54 Å². The molecule has 0 unspecified atom stereocenters. The molecule has 0 spiro atoms. The highest BCUT2D eigenvalue weighted by Crippen LogP contribution is 2.34. The highest BCUT2D eigenvalue weighted by molar-refractivity contribution is 14.1. The van der Waals surface area contributed by atoms with Crippen molar-refractivity contribution in [2.45, 2.75) is 26.7 Å². The van der Waals surface area contributed by atoms with Crippen LogP contribution in [0.4, 0.5) is 0 Å². The van der Waals surface area contributed by atoms with E-state index < -0.39 is 0 Å². The number of halogens is 1. The molecule has 0 atom stereocenters. The van der Waals surface area contributed by atoms with Gasteiger partial charge in [-0.25, -0.2) is 0 Å². The van der Waals surface area contributed by atoms with Crippen LogP contribution in [-0.2, 0) is 11.2 Å². The Morgan fingerprint density at radius 1 is 1.17 bits per heavy atom. The van der Waals surface area contributed by atoms with Crippen molar-refractivity contribution in [2.75, 3.05) is 19.8 Å². The van der Waals surface area contributed by atoms with Gasteiger partial charge in [0.25, 0.3) is 5.91 Å². The summed E-state index contributed by atoms with van der Waals surface area (Å²) in [6.07, 6.45) is 3.26. The van der Waals surface area contributed by atoms with Crippen molar-refractivity contribution >= 4 is 34.6 Å². The number of amides is 1. The van der Waals surface area contributed by atoms with Crippen molar-refractivity contribution in [3.63, 3.8) is 0 Å². The Morgan fingerprint density at radius 2 is 1.90 bits per heavy atom. The highest BCUT2D eigenvalue weighted by atomic mass is 127. The maximum absolute atomic E-state index is 12.4. The lowest BCUT2D eigenvalue weighted by Crippen LogP contribution is -2.25. The van der Waals surface area contributed by atoms with Gasteiger partial charge in [-0.15, -0.1) is 0 Å². The fourth-order valence-corrected chi connectivity index (χ4v) is 3.55. The number of nitrogens with one attached hydrogen (secondary N) is 1. The zero-order valence-corrected chi connectivity index (χ0v) is 18.9. The normalized spacial score (nSPS) is 10.9. The number of nitrogens with zero attached hydrogens (tertiary/aromatic N) is 1. The number of aryl methyl sites for hydroxylation is 1. The molecule has 0 aromatic heterocycles. The fourth-order valence-electron chi connectivity index (χ4n) is 2.77. The Bertz CT molecular complexity index is 889. The molecule has 5 nitrogen and oxygen atoms in total. The summed E-state index contributed by atoms with van der Waals surface area (Å²) < 4.78 is 12.2. The molecule has 0 saturated carbocycles. The van der Waals surface area contributed by atoms with E-state index in [1.165, 1.54) is 5.56 Å². The smallest absolute Gasteiger partial charge is 0.261 e. The number of hydrogen-bond acceptors (Lipinski definition) is 4. The van der Waals surface area contributed by atoms with E-state index in [2.05, 4.69) is 40.0 Å². The van der Waals surface area contributed by atoms with E-state index in [1.54, 1.807) is 12.1 Å². The summed E-state index contributed by atoms with van der Waals surface area (Å²) in [7, 11) is 0. The molecule has 0 aliphatic rings. The van der Waals surface area contributed by atoms with Gasteiger partial charge < -0.3 is 14.8 Å². The van der Waals surface area contributed by atoms with Crippen molar-refractivity contribution < 1.29 is 14.3 Å². The van der Waals surface area contributed by atoms with Crippen LogP contribution in [0.25, 0.3) is 6.08 Å². The van der Waals surface area contributed by atoms with Gasteiger partial charge in [-0.2, -0.15) is 5.26 Å². The van der Waals surface area contributed by atoms with E-state index in [1.807, 2.05) is 44.2 Å². The van der Waals surface area contributed by atoms with E-state index >= 15 is 0 Å². The molecular weight excluding hydrogens is 479 g/mol. The van der Waals surface area contributed by atoms with Crippen LogP contribution in [0.5, 0.6) is 11.5 Å². The van der Waals surface area contributed by atoms with E-state index in [-0.39, 0.29) is 11.5 Å². The van der Waals surface area contributed by atoms with E-state index in [4.69, 9.17) is 9.47 Å². The molecule has 0 aliphatic heterocycles. The minimum Gasteiger partial charge on any atom is -0.490 e. The molecule has 1 amide bonds. The molecule has 0 radical (unpaired) electrons. The molecule has 2 aromatic rings. The number of carbonyl (C=O) groups excluding carboxylic acids is 1. The molecule has 0 saturated heterocycles. The first kappa shape index (κ1) is 22.8. The van der Waals surface area contributed by atoms with Crippen LogP contribution in [0.2, 0.25) is 0 Å². The van der Waals surface area contributed by atoms with Gasteiger partial charge in [0.1, 0.15) is 11.6 Å². The number of rotatable bonds is 10. The highest BCUT2D eigenvalue weighted by Gasteiger charge is 2.13. The number of ether oxygens (including phenoxy) is 2. The minimum atomic E-state index is -0.373. The number of nitriles is 1. The van der Waals surface area contributed by atoms with Gasteiger partial charge in [0.05, 0.1) is 16.8 Å². The topological polar surface area (TPSA) is 71.3 Å². The van der Waals surface area contributed by atoms with Crippen molar-refractivity contribution in [2.24, 2.45) is 0 Å². The summed E-state index contributed by atoms with van der Waals surface area (Å²) in [6, 6.07) is 15.8. The van der Waals surface area contributed by atoms with Crippen molar-refractivity contribution in [1.82, 2.24) is 5.32 Å². The van der Waals surface area contributed by atoms with Crippen LogP contribution in [0, 0.1) is 14.9 Å². The first-order valence-corrected chi connectivity index (χ1v) is 10.7. The third kappa shape index (κ3) is 7.09. The summed E-state index contributed by atoms with van der Waals surface area (Å²) in [6.45, 7) is 5.35. The molecule has 2 aromatic carbocycles. The average Bonchev–Trinajstić information content (AvgIpc) is 2.72. The first-order chi connectivity index (χ1) is 14.1. The van der Waals surface area contributed by atoms with Gasteiger partial charge >= 0.3 is 0 Å². The maximum atomic E-state index is 12.4. The standard InChI is InChI=1S/C23H25IN2O3/c1-3-28-21-15-18(14-20(24)22(21)29-4-2)13-19(16-25)23(27)26-12-8-11-17-9-6-5-7-10-17/h5-7,9-10,13-15H,3-4,8,11-12H2,1-2H3,(H,26,27)/b19-13-. The average molecular weight is 504 g/mol. The molecule has 2 rings (SSSR count). The Hall–Kier alpha value is -2.53. The van der Waals surface area contributed by atoms with Crippen molar-refractivity contribution in [3.05, 3.63) is 62.7 Å². The summed E-state index contributed by atoms with van der Waals surface area (Å²) in [5.41, 5.74) is 2.01. The number of hydrogen-bond donors (Lipinski definition) is 1. The minimum absolute atomic E-state index is 0.0621. The monoisotopic (exact) mass is 504 g/mol. The quantitative estimate of drug-likeness (QED) is 0.220. The zero-order valence-electron chi connectivity index (χ0n) is 16.7. The third-order valence-corrected chi connectivity index (χ3v) is 4.87.